The van der Waals surface area contributed by atoms with Gasteiger partial charge < -0.3 is 9.67 Å². The zero-order valence-electron chi connectivity index (χ0n) is 12.9. The Hall–Kier alpha value is -1.13. The van der Waals surface area contributed by atoms with Crippen LogP contribution < -0.4 is 0 Å². The molecule has 1 unspecified atom stereocenters. The normalized spacial score (nSPS) is 19.7. The number of Topliss-reactive ketones (excluding diaryl/α,β-unsaturated/α-hetero) is 1. The SMILES string of the molecule is CCCn1c(C)cc(C(=O)CN2CCC(CO)C2)c1C. The minimum Gasteiger partial charge on any atom is -0.396 e. The lowest BCUT2D eigenvalue weighted by atomic mass is 10.1. The van der Waals surface area contributed by atoms with Gasteiger partial charge in [0.2, 0.25) is 0 Å². The number of hydrogen-bond donors (Lipinski definition) is 1. The number of aromatic nitrogens is 1. The molecule has 1 aromatic rings. The molecule has 1 atom stereocenters. The fourth-order valence-electron chi connectivity index (χ4n) is 3.14. The summed E-state index contributed by atoms with van der Waals surface area (Å²) in [7, 11) is 0. The van der Waals surface area contributed by atoms with Crippen LogP contribution in [-0.4, -0.2) is 46.6 Å². The van der Waals surface area contributed by atoms with E-state index in [0.717, 1.165) is 43.7 Å². The number of hydrogen-bond acceptors (Lipinski definition) is 3. The molecule has 0 radical (unpaired) electrons. The van der Waals surface area contributed by atoms with E-state index in [-0.39, 0.29) is 12.4 Å². The first-order valence-electron chi connectivity index (χ1n) is 7.60. The van der Waals surface area contributed by atoms with E-state index in [4.69, 9.17) is 5.11 Å². The third-order valence-electron chi connectivity index (χ3n) is 4.32. The predicted molar refractivity (Wildman–Crippen MR) is 80.2 cm³/mol. The maximum Gasteiger partial charge on any atom is 0.178 e. The summed E-state index contributed by atoms with van der Waals surface area (Å²) >= 11 is 0. The van der Waals surface area contributed by atoms with Gasteiger partial charge in [-0.05, 0) is 45.2 Å². The summed E-state index contributed by atoms with van der Waals surface area (Å²) in [4.78, 5) is 14.6. The van der Waals surface area contributed by atoms with E-state index >= 15 is 0 Å². The molecule has 0 saturated carbocycles. The molecule has 112 valence electrons. The summed E-state index contributed by atoms with van der Waals surface area (Å²) in [6.45, 7) is 9.71. The average molecular weight is 278 g/mol. The van der Waals surface area contributed by atoms with Crippen LogP contribution in [0.2, 0.25) is 0 Å². The van der Waals surface area contributed by atoms with Crippen molar-refractivity contribution in [2.45, 2.75) is 40.2 Å². The molecule has 0 bridgehead atoms. The van der Waals surface area contributed by atoms with Gasteiger partial charge in [-0.15, -0.1) is 0 Å². The van der Waals surface area contributed by atoms with Gasteiger partial charge in [0.15, 0.2) is 5.78 Å². The number of aliphatic hydroxyl groups excluding tert-OH is 1. The predicted octanol–water partition coefficient (Wildman–Crippen LogP) is 2.01. The molecule has 1 aromatic heterocycles. The van der Waals surface area contributed by atoms with Crippen molar-refractivity contribution in [2.75, 3.05) is 26.2 Å². The van der Waals surface area contributed by atoms with Crippen LogP contribution >= 0.6 is 0 Å². The van der Waals surface area contributed by atoms with Crippen LogP contribution in [0.3, 0.4) is 0 Å². The van der Waals surface area contributed by atoms with Gasteiger partial charge in [0.1, 0.15) is 0 Å². The van der Waals surface area contributed by atoms with Crippen molar-refractivity contribution >= 4 is 5.78 Å². The first-order chi connectivity index (χ1) is 9.56. The molecule has 2 rings (SSSR count). The Morgan fingerprint density at radius 3 is 2.80 bits per heavy atom. The third kappa shape index (κ3) is 3.13. The number of rotatable bonds is 6. The van der Waals surface area contributed by atoms with Gasteiger partial charge in [-0.25, -0.2) is 0 Å². The fourth-order valence-corrected chi connectivity index (χ4v) is 3.14. The van der Waals surface area contributed by atoms with Crippen LogP contribution in [0.5, 0.6) is 0 Å². The molecule has 4 nitrogen and oxygen atoms in total. The van der Waals surface area contributed by atoms with Crippen LogP contribution in [0, 0.1) is 19.8 Å². The van der Waals surface area contributed by atoms with E-state index in [2.05, 4.69) is 23.3 Å². The van der Waals surface area contributed by atoms with Crippen LogP contribution in [0.4, 0.5) is 0 Å². The van der Waals surface area contributed by atoms with Crippen LogP contribution in [-0.2, 0) is 6.54 Å². The summed E-state index contributed by atoms with van der Waals surface area (Å²) in [6.07, 6.45) is 2.08. The van der Waals surface area contributed by atoms with Crippen molar-refractivity contribution in [1.82, 2.24) is 9.47 Å². The van der Waals surface area contributed by atoms with Crippen LogP contribution in [0.1, 0.15) is 41.5 Å². The first-order valence-corrected chi connectivity index (χ1v) is 7.60. The molecular formula is C16H26N2O2. The van der Waals surface area contributed by atoms with Gasteiger partial charge in [0.05, 0.1) is 6.54 Å². The molecule has 0 amide bonds. The highest BCUT2D eigenvalue weighted by molar-refractivity contribution is 5.99. The van der Waals surface area contributed by atoms with Gasteiger partial charge in [0, 0.05) is 36.6 Å². The minimum atomic E-state index is 0.207. The molecule has 4 heteroatoms. The maximum atomic E-state index is 12.5. The third-order valence-corrected chi connectivity index (χ3v) is 4.32. The van der Waals surface area contributed by atoms with Crippen molar-refractivity contribution in [3.63, 3.8) is 0 Å². The first kappa shape index (κ1) is 15.3. The quantitative estimate of drug-likeness (QED) is 0.810. The Morgan fingerprint density at radius 1 is 1.45 bits per heavy atom. The molecule has 0 aromatic carbocycles. The Labute approximate surface area is 121 Å². The van der Waals surface area contributed by atoms with Crippen molar-refractivity contribution in [2.24, 2.45) is 5.92 Å². The minimum absolute atomic E-state index is 0.207. The standard InChI is InChI=1S/C16H26N2O2/c1-4-6-18-12(2)8-15(13(18)3)16(20)10-17-7-5-14(9-17)11-19/h8,14,19H,4-7,9-11H2,1-3H3. The highest BCUT2D eigenvalue weighted by Gasteiger charge is 2.25. The Bertz CT molecular complexity index is 479. The van der Waals surface area contributed by atoms with Crippen molar-refractivity contribution in [3.8, 4) is 0 Å². The number of carbonyl (C=O) groups excluding carboxylic acids is 1. The molecular weight excluding hydrogens is 252 g/mol. The number of nitrogens with zero attached hydrogens (tertiary/aromatic N) is 2. The zero-order chi connectivity index (χ0) is 14.7. The zero-order valence-corrected chi connectivity index (χ0v) is 12.9. The Morgan fingerprint density at radius 2 is 2.20 bits per heavy atom. The summed E-state index contributed by atoms with van der Waals surface area (Å²) in [5.41, 5.74) is 3.12. The summed E-state index contributed by atoms with van der Waals surface area (Å²) in [5.74, 6) is 0.550. The van der Waals surface area contributed by atoms with Crippen molar-refractivity contribution in [1.29, 1.82) is 0 Å². The Balaban J connectivity index is 2.04. The molecule has 2 heterocycles. The van der Waals surface area contributed by atoms with Gasteiger partial charge >= 0.3 is 0 Å². The second-order valence-corrected chi connectivity index (χ2v) is 5.93. The monoisotopic (exact) mass is 278 g/mol. The highest BCUT2D eigenvalue weighted by atomic mass is 16.3. The lowest BCUT2D eigenvalue weighted by Gasteiger charge is -2.14. The molecule has 20 heavy (non-hydrogen) atoms. The number of aliphatic hydroxyl groups is 1. The van der Waals surface area contributed by atoms with E-state index < -0.39 is 0 Å². The van der Waals surface area contributed by atoms with E-state index in [1.165, 1.54) is 5.69 Å². The number of aryl methyl sites for hydroxylation is 1. The molecule has 1 saturated heterocycles. The smallest absolute Gasteiger partial charge is 0.178 e. The highest BCUT2D eigenvalue weighted by Crippen LogP contribution is 2.19. The maximum absolute atomic E-state index is 12.5. The van der Waals surface area contributed by atoms with E-state index in [9.17, 15) is 4.79 Å². The second-order valence-electron chi connectivity index (χ2n) is 5.93. The van der Waals surface area contributed by atoms with E-state index in [1.807, 2.05) is 13.0 Å². The van der Waals surface area contributed by atoms with Crippen molar-refractivity contribution < 1.29 is 9.90 Å². The molecule has 1 N–H and O–H groups in total. The average Bonchev–Trinajstić information content (AvgIpc) is 2.98. The second kappa shape index (κ2) is 6.55. The van der Waals surface area contributed by atoms with Gasteiger partial charge in [-0.3, -0.25) is 9.69 Å². The molecule has 1 fully saturated rings. The fraction of sp³-hybridized carbons (Fsp3) is 0.688. The van der Waals surface area contributed by atoms with E-state index in [1.54, 1.807) is 0 Å². The number of likely N-dealkylation sites (tertiary alicyclic amines) is 1. The molecule has 1 aliphatic rings. The number of carbonyl (C=O) groups is 1. The summed E-state index contributed by atoms with van der Waals surface area (Å²) in [5, 5.41) is 9.16. The van der Waals surface area contributed by atoms with Crippen LogP contribution in [0.25, 0.3) is 0 Å². The number of ketones is 1. The largest absolute Gasteiger partial charge is 0.396 e. The summed E-state index contributed by atoms with van der Waals surface area (Å²) in [6, 6.07) is 2.02. The molecule has 0 aliphatic carbocycles. The Kier molecular flexibility index (Phi) is 5.00. The molecule has 0 spiro atoms. The van der Waals surface area contributed by atoms with Gasteiger partial charge in [0.25, 0.3) is 0 Å². The van der Waals surface area contributed by atoms with Gasteiger partial charge in [-0.2, -0.15) is 0 Å². The van der Waals surface area contributed by atoms with Crippen molar-refractivity contribution in [3.05, 3.63) is 23.0 Å². The molecule has 1 aliphatic heterocycles. The lowest BCUT2D eigenvalue weighted by Crippen LogP contribution is -2.28. The van der Waals surface area contributed by atoms with Gasteiger partial charge in [-0.1, -0.05) is 6.92 Å². The van der Waals surface area contributed by atoms with Crippen LogP contribution in [0.15, 0.2) is 6.07 Å². The van der Waals surface area contributed by atoms with E-state index in [0.29, 0.717) is 12.5 Å². The lowest BCUT2D eigenvalue weighted by molar-refractivity contribution is 0.0939. The summed E-state index contributed by atoms with van der Waals surface area (Å²) < 4.78 is 2.23. The topological polar surface area (TPSA) is 45.5 Å².